The van der Waals surface area contributed by atoms with Gasteiger partial charge in [-0.25, -0.2) is 0 Å². The number of thioether (sulfide) groups is 1. The summed E-state index contributed by atoms with van der Waals surface area (Å²) in [6.45, 7) is 7.03. The van der Waals surface area contributed by atoms with Gasteiger partial charge in [0, 0.05) is 11.8 Å². The fraction of sp³-hybridized carbons (Fsp3) is 0.778. The molecule has 11 heavy (non-hydrogen) atoms. The highest BCUT2D eigenvalue weighted by atomic mass is 32.2. The third-order valence-electron chi connectivity index (χ3n) is 2.78. The van der Waals surface area contributed by atoms with Crippen LogP contribution in [0.5, 0.6) is 0 Å². The van der Waals surface area contributed by atoms with Crippen molar-refractivity contribution in [2.45, 2.75) is 25.5 Å². The first-order valence-corrected chi connectivity index (χ1v) is 5.26. The van der Waals surface area contributed by atoms with Crippen LogP contribution in [0.3, 0.4) is 0 Å². The molecule has 2 unspecified atom stereocenters. The molecule has 0 bridgehead atoms. The van der Waals surface area contributed by atoms with Gasteiger partial charge in [0.2, 0.25) is 0 Å². The summed E-state index contributed by atoms with van der Waals surface area (Å²) < 4.78 is 0. The Hall–Kier alpha value is 0.0500. The smallest absolute Gasteiger partial charge is 0.0178 e. The van der Waals surface area contributed by atoms with Crippen molar-refractivity contribution in [1.29, 1.82) is 0 Å². The van der Waals surface area contributed by atoms with Crippen LogP contribution in [0.25, 0.3) is 0 Å². The zero-order valence-electron chi connectivity index (χ0n) is 7.18. The van der Waals surface area contributed by atoms with Crippen LogP contribution in [0.1, 0.15) is 20.3 Å². The number of nitrogens with one attached hydrogen (secondary N) is 1. The van der Waals surface area contributed by atoms with Crippen LogP contribution in [-0.4, -0.2) is 18.3 Å². The molecule has 0 saturated carbocycles. The quantitative estimate of drug-likeness (QED) is 0.595. The van der Waals surface area contributed by atoms with Gasteiger partial charge in [0.25, 0.3) is 0 Å². The van der Waals surface area contributed by atoms with Crippen LogP contribution in [0.4, 0.5) is 0 Å². The van der Waals surface area contributed by atoms with Crippen molar-refractivity contribution >= 4 is 11.8 Å². The summed E-state index contributed by atoms with van der Waals surface area (Å²) in [5, 5.41) is 4.26. The highest BCUT2D eigenvalue weighted by Gasteiger charge is 2.29. The molecule has 2 atom stereocenters. The molecular weight excluding hydrogens is 154 g/mol. The molecular formula is C9H15NS. The highest BCUT2D eigenvalue weighted by molar-refractivity contribution is 8.03. The first kappa shape index (κ1) is 7.69. The maximum atomic E-state index is 3.44. The summed E-state index contributed by atoms with van der Waals surface area (Å²) in [7, 11) is 0. The van der Waals surface area contributed by atoms with E-state index in [1.807, 2.05) is 0 Å². The van der Waals surface area contributed by atoms with Crippen molar-refractivity contribution in [2.75, 3.05) is 13.1 Å². The first-order valence-electron chi connectivity index (χ1n) is 4.38. The SMILES string of the molecule is CC1SC2=C(CNCC2)C1C. The van der Waals surface area contributed by atoms with Gasteiger partial charge in [0.05, 0.1) is 0 Å². The second-order valence-electron chi connectivity index (χ2n) is 3.49. The van der Waals surface area contributed by atoms with Crippen molar-refractivity contribution in [2.24, 2.45) is 5.92 Å². The molecule has 62 valence electrons. The van der Waals surface area contributed by atoms with E-state index >= 15 is 0 Å². The summed E-state index contributed by atoms with van der Waals surface area (Å²) in [4.78, 5) is 1.68. The Labute approximate surface area is 72.6 Å². The van der Waals surface area contributed by atoms with Gasteiger partial charge < -0.3 is 5.32 Å². The van der Waals surface area contributed by atoms with Gasteiger partial charge in [-0.05, 0) is 29.4 Å². The second-order valence-corrected chi connectivity index (χ2v) is 4.96. The minimum absolute atomic E-state index is 0.808. The van der Waals surface area contributed by atoms with Crippen LogP contribution in [0.15, 0.2) is 10.5 Å². The van der Waals surface area contributed by atoms with Gasteiger partial charge in [0.1, 0.15) is 0 Å². The zero-order valence-corrected chi connectivity index (χ0v) is 8.00. The molecule has 0 fully saturated rings. The topological polar surface area (TPSA) is 12.0 Å². The molecule has 0 spiro atoms. The van der Waals surface area contributed by atoms with Gasteiger partial charge >= 0.3 is 0 Å². The average Bonchev–Trinajstić information content (AvgIpc) is 2.30. The van der Waals surface area contributed by atoms with Crippen molar-refractivity contribution in [3.05, 3.63) is 10.5 Å². The lowest BCUT2D eigenvalue weighted by Crippen LogP contribution is -2.25. The summed E-state index contributed by atoms with van der Waals surface area (Å²) in [6, 6.07) is 0. The first-order chi connectivity index (χ1) is 5.29. The highest BCUT2D eigenvalue weighted by Crippen LogP contribution is 2.43. The summed E-state index contributed by atoms with van der Waals surface area (Å²) in [5.41, 5.74) is 1.69. The standard InChI is InChI=1S/C9H15NS/c1-6-7(2)11-9-3-4-10-5-8(6)9/h6-7,10H,3-5H2,1-2H3. The lowest BCUT2D eigenvalue weighted by molar-refractivity contribution is 0.602. The van der Waals surface area contributed by atoms with Gasteiger partial charge in [-0.3, -0.25) is 0 Å². The molecule has 2 rings (SSSR count). The van der Waals surface area contributed by atoms with Gasteiger partial charge in [-0.1, -0.05) is 13.8 Å². The number of hydrogen-bond acceptors (Lipinski definition) is 2. The van der Waals surface area contributed by atoms with E-state index in [4.69, 9.17) is 0 Å². The Morgan fingerprint density at radius 1 is 1.45 bits per heavy atom. The van der Waals surface area contributed by atoms with Crippen LogP contribution < -0.4 is 5.32 Å². The van der Waals surface area contributed by atoms with Crippen LogP contribution in [0, 0.1) is 5.92 Å². The lowest BCUT2D eigenvalue weighted by Gasteiger charge is -2.17. The summed E-state index contributed by atoms with van der Waals surface area (Å²) in [5.74, 6) is 0.808. The normalized spacial score (nSPS) is 37.6. The van der Waals surface area contributed by atoms with E-state index in [2.05, 4.69) is 30.9 Å². The van der Waals surface area contributed by atoms with Crippen LogP contribution >= 0.6 is 11.8 Å². The largest absolute Gasteiger partial charge is 0.313 e. The van der Waals surface area contributed by atoms with E-state index in [1.54, 1.807) is 10.5 Å². The molecule has 2 aliphatic heterocycles. The lowest BCUT2D eigenvalue weighted by atomic mass is 9.96. The monoisotopic (exact) mass is 169 g/mol. The van der Waals surface area contributed by atoms with Crippen LogP contribution in [-0.2, 0) is 0 Å². The minimum Gasteiger partial charge on any atom is -0.313 e. The molecule has 0 aliphatic carbocycles. The van der Waals surface area contributed by atoms with Crippen molar-refractivity contribution in [3.8, 4) is 0 Å². The molecule has 2 aliphatic rings. The van der Waals surface area contributed by atoms with Gasteiger partial charge in [-0.15, -0.1) is 11.8 Å². The van der Waals surface area contributed by atoms with Gasteiger partial charge in [-0.2, -0.15) is 0 Å². The fourth-order valence-electron chi connectivity index (χ4n) is 1.84. The van der Waals surface area contributed by atoms with Gasteiger partial charge in [0.15, 0.2) is 0 Å². The molecule has 2 heterocycles. The molecule has 2 heteroatoms. The molecule has 1 nitrogen and oxygen atoms in total. The molecule has 0 aromatic rings. The van der Waals surface area contributed by atoms with Crippen molar-refractivity contribution < 1.29 is 0 Å². The third-order valence-corrected chi connectivity index (χ3v) is 4.32. The van der Waals surface area contributed by atoms with E-state index in [0.717, 1.165) is 17.7 Å². The Bertz CT molecular complexity index is 198. The zero-order chi connectivity index (χ0) is 7.84. The predicted octanol–water partition coefficient (Wildman–Crippen LogP) is 2.01. The van der Waals surface area contributed by atoms with E-state index in [1.165, 1.54) is 13.0 Å². The third kappa shape index (κ3) is 1.23. The number of rotatable bonds is 0. The molecule has 0 amide bonds. The summed E-state index contributed by atoms with van der Waals surface area (Å²) >= 11 is 2.10. The van der Waals surface area contributed by atoms with E-state index in [9.17, 15) is 0 Å². The van der Waals surface area contributed by atoms with E-state index < -0.39 is 0 Å². The van der Waals surface area contributed by atoms with Crippen molar-refractivity contribution in [3.63, 3.8) is 0 Å². The molecule has 0 aromatic carbocycles. The predicted molar refractivity (Wildman–Crippen MR) is 50.7 cm³/mol. The average molecular weight is 169 g/mol. The number of hydrogen-bond donors (Lipinski definition) is 1. The molecule has 1 N–H and O–H groups in total. The minimum atomic E-state index is 0.808. The molecule has 0 aromatic heterocycles. The Morgan fingerprint density at radius 3 is 3.00 bits per heavy atom. The summed E-state index contributed by atoms with van der Waals surface area (Å²) in [6.07, 6.45) is 1.27. The second kappa shape index (κ2) is 2.83. The Morgan fingerprint density at radius 2 is 2.27 bits per heavy atom. The van der Waals surface area contributed by atoms with Crippen LogP contribution in [0.2, 0.25) is 0 Å². The molecule has 0 saturated heterocycles. The van der Waals surface area contributed by atoms with E-state index in [0.29, 0.717) is 0 Å². The molecule has 0 radical (unpaired) electrons. The Balaban J connectivity index is 2.20. The Kier molecular flexibility index (Phi) is 1.98. The van der Waals surface area contributed by atoms with Crippen molar-refractivity contribution in [1.82, 2.24) is 5.32 Å². The fourth-order valence-corrected chi connectivity index (χ4v) is 3.29. The maximum absolute atomic E-state index is 3.44. The maximum Gasteiger partial charge on any atom is 0.0178 e. The van der Waals surface area contributed by atoms with E-state index in [-0.39, 0.29) is 0 Å².